The summed E-state index contributed by atoms with van der Waals surface area (Å²) >= 11 is 6.20. The molecule has 1 unspecified atom stereocenters. The van der Waals surface area contributed by atoms with Gasteiger partial charge in [-0.05, 0) is 48.4 Å². The zero-order valence-corrected chi connectivity index (χ0v) is 18.4. The Balaban J connectivity index is 1.34. The van der Waals surface area contributed by atoms with Gasteiger partial charge in [-0.3, -0.25) is 4.99 Å². The summed E-state index contributed by atoms with van der Waals surface area (Å²) in [6.07, 6.45) is 6.40. The molecule has 1 fully saturated rings. The van der Waals surface area contributed by atoms with E-state index in [-0.39, 0.29) is 6.04 Å². The smallest absolute Gasteiger partial charge is 0.191 e. The van der Waals surface area contributed by atoms with Crippen LogP contribution in [0.25, 0.3) is 5.82 Å². The van der Waals surface area contributed by atoms with Crippen LogP contribution in [-0.2, 0) is 6.54 Å². The third-order valence-electron chi connectivity index (χ3n) is 5.24. The standard InChI is InChI=1S/C22H26ClN7O/c1-24-22(26-14-16-6-9-25-21(12-16)30-10-3-8-27-30)28-18-7-11-29(15-18)19-13-17(23)4-5-20(19)31-2/h3-6,8-10,12-13,18H,7,11,14-15H2,1-2H3,(H2,24,26,28). The van der Waals surface area contributed by atoms with Crippen LogP contribution in [0.15, 0.2) is 60.0 Å². The molecule has 0 aliphatic carbocycles. The number of halogens is 1. The number of guanidine groups is 1. The van der Waals surface area contributed by atoms with Gasteiger partial charge >= 0.3 is 0 Å². The highest BCUT2D eigenvalue weighted by Gasteiger charge is 2.25. The van der Waals surface area contributed by atoms with Crippen LogP contribution in [0.4, 0.5) is 5.69 Å². The predicted molar refractivity (Wildman–Crippen MR) is 123 cm³/mol. The van der Waals surface area contributed by atoms with Crippen molar-refractivity contribution in [3.8, 4) is 11.6 Å². The van der Waals surface area contributed by atoms with Crippen molar-refractivity contribution in [2.75, 3.05) is 32.1 Å². The van der Waals surface area contributed by atoms with Crippen LogP contribution in [0.2, 0.25) is 5.02 Å². The van der Waals surface area contributed by atoms with E-state index in [1.54, 1.807) is 31.2 Å². The Morgan fingerprint density at radius 2 is 2.19 bits per heavy atom. The Kier molecular flexibility index (Phi) is 6.57. The number of rotatable bonds is 6. The first-order valence-corrected chi connectivity index (χ1v) is 10.5. The molecule has 3 heterocycles. The summed E-state index contributed by atoms with van der Waals surface area (Å²) in [5.41, 5.74) is 2.12. The second-order valence-corrected chi connectivity index (χ2v) is 7.73. The number of nitrogens with one attached hydrogen (secondary N) is 2. The quantitative estimate of drug-likeness (QED) is 0.454. The number of aromatic nitrogens is 3. The van der Waals surface area contributed by atoms with Crippen molar-refractivity contribution >= 4 is 23.2 Å². The minimum Gasteiger partial charge on any atom is -0.495 e. The van der Waals surface area contributed by atoms with Crippen molar-refractivity contribution in [2.24, 2.45) is 4.99 Å². The molecular weight excluding hydrogens is 414 g/mol. The number of aliphatic imine (C=N–C) groups is 1. The fraction of sp³-hybridized carbons (Fsp3) is 0.318. The Morgan fingerprint density at radius 1 is 1.29 bits per heavy atom. The summed E-state index contributed by atoms with van der Waals surface area (Å²) in [5, 5.41) is 11.8. The van der Waals surface area contributed by atoms with Crippen molar-refractivity contribution in [3.63, 3.8) is 0 Å². The predicted octanol–water partition coefficient (Wildman–Crippen LogP) is 2.87. The summed E-state index contributed by atoms with van der Waals surface area (Å²) < 4.78 is 7.25. The van der Waals surface area contributed by atoms with Gasteiger partial charge in [0.25, 0.3) is 0 Å². The summed E-state index contributed by atoms with van der Waals surface area (Å²) in [4.78, 5) is 11.0. The van der Waals surface area contributed by atoms with E-state index >= 15 is 0 Å². The number of hydrogen-bond donors (Lipinski definition) is 2. The Labute approximate surface area is 186 Å². The van der Waals surface area contributed by atoms with Crippen molar-refractivity contribution < 1.29 is 4.74 Å². The summed E-state index contributed by atoms with van der Waals surface area (Å²) in [6.45, 7) is 2.40. The van der Waals surface area contributed by atoms with Crippen LogP contribution in [0, 0.1) is 0 Å². The zero-order chi connectivity index (χ0) is 21.6. The lowest BCUT2D eigenvalue weighted by Gasteiger charge is -2.22. The van der Waals surface area contributed by atoms with Gasteiger partial charge in [0.1, 0.15) is 5.75 Å². The molecule has 8 nitrogen and oxygen atoms in total. The van der Waals surface area contributed by atoms with Crippen LogP contribution in [0.5, 0.6) is 5.75 Å². The van der Waals surface area contributed by atoms with Crippen molar-refractivity contribution in [1.29, 1.82) is 0 Å². The second kappa shape index (κ2) is 9.70. The maximum Gasteiger partial charge on any atom is 0.191 e. The maximum atomic E-state index is 6.20. The molecule has 2 aromatic heterocycles. The lowest BCUT2D eigenvalue weighted by Crippen LogP contribution is -2.44. The van der Waals surface area contributed by atoms with Gasteiger partial charge < -0.3 is 20.3 Å². The highest BCUT2D eigenvalue weighted by atomic mass is 35.5. The monoisotopic (exact) mass is 439 g/mol. The first-order valence-electron chi connectivity index (χ1n) is 10.2. The van der Waals surface area contributed by atoms with Crippen LogP contribution in [-0.4, -0.2) is 54.0 Å². The van der Waals surface area contributed by atoms with E-state index in [0.29, 0.717) is 11.6 Å². The first kappa shape index (κ1) is 21.0. The van der Waals surface area contributed by atoms with Crippen molar-refractivity contribution in [2.45, 2.75) is 19.0 Å². The highest BCUT2D eigenvalue weighted by molar-refractivity contribution is 6.30. The van der Waals surface area contributed by atoms with E-state index in [9.17, 15) is 0 Å². The molecule has 1 aromatic carbocycles. The molecule has 1 aliphatic heterocycles. The molecule has 1 atom stereocenters. The molecule has 2 N–H and O–H groups in total. The number of methoxy groups -OCH3 is 1. The van der Waals surface area contributed by atoms with Gasteiger partial charge in [-0.1, -0.05) is 11.6 Å². The van der Waals surface area contributed by atoms with Crippen molar-refractivity contribution in [1.82, 2.24) is 25.4 Å². The van der Waals surface area contributed by atoms with Gasteiger partial charge in [-0.15, -0.1) is 0 Å². The number of benzene rings is 1. The minimum atomic E-state index is 0.270. The molecule has 1 saturated heterocycles. The third-order valence-corrected chi connectivity index (χ3v) is 5.48. The SMILES string of the molecule is CN=C(NCc1ccnc(-n2cccn2)c1)NC1CCN(c2cc(Cl)ccc2OC)C1. The summed E-state index contributed by atoms with van der Waals surface area (Å²) in [6, 6.07) is 11.8. The molecule has 0 bridgehead atoms. The summed E-state index contributed by atoms with van der Waals surface area (Å²) in [5.74, 6) is 2.38. The maximum absolute atomic E-state index is 6.20. The average molecular weight is 440 g/mol. The van der Waals surface area contributed by atoms with E-state index in [1.165, 1.54) is 0 Å². The number of nitrogens with zero attached hydrogens (tertiary/aromatic N) is 5. The Hall–Kier alpha value is -3.26. The van der Waals surface area contributed by atoms with Crippen LogP contribution in [0.3, 0.4) is 0 Å². The van der Waals surface area contributed by atoms with E-state index in [2.05, 4.69) is 30.6 Å². The topological polar surface area (TPSA) is 79.6 Å². The molecular formula is C22H26ClN7O. The first-order chi connectivity index (χ1) is 15.2. The van der Waals surface area contributed by atoms with Gasteiger partial charge in [0.2, 0.25) is 0 Å². The third kappa shape index (κ3) is 5.08. The Morgan fingerprint density at radius 3 is 2.97 bits per heavy atom. The van der Waals surface area contributed by atoms with E-state index in [4.69, 9.17) is 16.3 Å². The molecule has 0 amide bonds. The van der Waals surface area contributed by atoms with E-state index < -0.39 is 0 Å². The number of ether oxygens (including phenoxy) is 1. The van der Waals surface area contributed by atoms with E-state index in [1.807, 2.05) is 42.6 Å². The summed E-state index contributed by atoms with van der Waals surface area (Å²) in [7, 11) is 3.46. The molecule has 0 spiro atoms. The molecule has 4 rings (SSSR count). The van der Waals surface area contributed by atoms with Crippen LogP contribution >= 0.6 is 11.6 Å². The number of hydrogen-bond acceptors (Lipinski definition) is 5. The molecule has 1 aliphatic rings. The molecule has 0 saturated carbocycles. The second-order valence-electron chi connectivity index (χ2n) is 7.29. The van der Waals surface area contributed by atoms with Crippen molar-refractivity contribution in [3.05, 3.63) is 65.6 Å². The largest absolute Gasteiger partial charge is 0.495 e. The number of pyridine rings is 1. The van der Waals surface area contributed by atoms with E-state index in [0.717, 1.165) is 48.3 Å². The Bertz CT molecular complexity index is 1040. The number of anilines is 1. The molecule has 3 aromatic rings. The zero-order valence-electron chi connectivity index (χ0n) is 17.6. The lowest BCUT2D eigenvalue weighted by molar-refractivity contribution is 0.415. The average Bonchev–Trinajstić information content (AvgIpc) is 3.49. The van der Waals surface area contributed by atoms with Crippen LogP contribution in [0.1, 0.15) is 12.0 Å². The molecule has 31 heavy (non-hydrogen) atoms. The lowest BCUT2D eigenvalue weighted by atomic mass is 10.2. The fourth-order valence-corrected chi connectivity index (χ4v) is 3.85. The molecule has 162 valence electrons. The highest BCUT2D eigenvalue weighted by Crippen LogP contribution is 2.33. The normalized spacial score (nSPS) is 16.4. The van der Waals surface area contributed by atoms with Gasteiger partial charge in [-0.25, -0.2) is 9.67 Å². The van der Waals surface area contributed by atoms with Gasteiger partial charge in [0.15, 0.2) is 11.8 Å². The van der Waals surface area contributed by atoms with Gasteiger partial charge in [0, 0.05) is 56.3 Å². The van der Waals surface area contributed by atoms with Gasteiger partial charge in [-0.2, -0.15) is 5.10 Å². The molecule has 0 radical (unpaired) electrons. The van der Waals surface area contributed by atoms with Gasteiger partial charge in [0.05, 0.1) is 12.8 Å². The fourth-order valence-electron chi connectivity index (χ4n) is 3.68. The van der Waals surface area contributed by atoms with Crippen LogP contribution < -0.4 is 20.3 Å². The minimum absolute atomic E-state index is 0.270. The molecule has 9 heteroatoms.